The number of halogens is 2. The normalized spacial score (nSPS) is 21.8. The number of aryl methyl sites for hydroxylation is 1. The summed E-state index contributed by atoms with van der Waals surface area (Å²) in [4.78, 5) is 44.9. The number of non-ortho nitro benzene ring substituents is 1. The van der Waals surface area contributed by atoms with E-state index in [9.17, 15) is 19.7 Å². The molecule has 2 fully saturated rings. The number of hydrogen-bond acceptors (Lipinski definition) is 6. The molecule has 5 rings (SSSR count). The number of nitrogens with zero attached hydrogens (tertiary/aromatic N) is 3. The quantitative estimate of drug-likeness (QED) is 0.250. The average molecular weight is 543 g/mol. The highest BCUT2D eigenvalue weighted by molar-refractivity contribution is 9.10. The number of fused-ring (bicyclic) bond motifs is 1. The zero-order valence-electron chi connectivity index (χ0n) is 17.7. The Kier molecular flexibility index (Phi) is 5.63. The third-order valence-electron chi connectivity index (χ3n) is 6.04. The summed E-state index contributed by atoms with van der Waals surface area (Å²) in [6.07, 6.45) is -1.04. The predicted octanol–water partition coefficient (Wildman–Crippen LogP) is 5.37. The Morgan fingerprint density at radius 1 is 1.00 bits per heavy atom. The van der Waals surface area contributed by atoms with E-state index in [0.29, 0.717) is 22.0 Å². The molecular formula is C24H17BrClN3O5. The maximum absolute atomic E-state index is 13.7. The van der Waals surface area contributed by atoms with Crippen molar-refractivity contribution >= 4 is 56.4 Å². The Labute approximate surface area is 207 Å². The lowest BCUT2D eigenvalue weighted by Crippen LogP contribution is -2.37. The first-order valence-corrected chi connectivity index (χ1v) is 11.5. The van der Waals surface area contributed by atoms with Crippen molar-refractivity contribution in [3.05, 3.63) is 97.5 Å². The first-order chi connectivity index (χ1) is 16.3. The maximum Gasteiger partial charge on any atom is 0.269 e. The first kappa shape index (κ1) is 22.5. The Balaban J connectivity index is 1.57. The number of hydrogen-bond donors (Lipinski definition) is 0. The zero-order valence-corrected chi connectivity index (χ0v) is 20.1. The van der Waals surface area contributed by atoms with Gasteiger partial charge < -0.3 is 0 Å². The molecule has 3 atom stereocenters. The topological polar surface area (TPSA) is 93.0 Å². The van der Waals surface area contributed by atoms with E-state index in [1.165, 1.54) is 18.2 Å². The van der Waals surface area contributed by atoms with E-state index >= 15 is 0 Å². The summed E-state index contributed by atoms with van der Waals surface area (Å²) in [5.74, 6) is -1.74. The fourth-order valence-corrected chi connectivity index (χ4v) is 4.86. The second-order valence-corrected chi connectivity index (χ2v) is 9.44. The molecule has 2 saturated heterocycles. The van der Waals surface area contributed by atoms with Crippen molar-refractivity contribution in [1.82, 2.24) is 0 Å². The van der Waals surface area contributed by atoms with Crippen LogP contribution in [0, 0.1) is 23.0 Å². The minimum Gasteiger partial charge on any atom is -0.273 e. The highest BCUT2D eigenvalue weighted by Crippen LogP contribution is 2.48. The number of nitro benzene ring substituents is 1. The fraction of sp³-hybridized carbons (Fsp3) is 0.167. The number of anilines is 2. The molecule has 0 N–H and O–H groups in total. The molecule has 10 heteroatoms. The molecule has 2 aliphatic rings. The standard InChI is InChI=1S/C24H17BrClN3O5/c1-13-12-18(29(32)33)10-11-19(13)27-23(30)20-21(14-2-4-15(25)5-3-14)28(34-22(20)24(27)31)17-8-6-16(26)7-9-17/h2-12,20-22H,1H3. The van der Waals surface area contributed by atoms with E-state index in [0.717, 1.165) is 14.9 Å². The molecule has 3 aromatic rings. The monoisotopic (exact) mass is 541 g/mol. The van der Waals surface area contributed by atoms with Gasteiger partial charge in [-0.1, -0.05) is 39.7 Å². The van der Waals surface area contributed by atoms with Gasteiger partial charge in [-0.3, -0.25) is 24.5 Å². The minimum atomic E-state index is -1.04. The lowest BCUT2D eigenvalue weighted by Gasteiger charge is -2.29. The van der Waals surface area contributed by atoms with Crippen LogP contribution in [-0.2, 0) is 14.4 Å². The first-order valence-electron chi connectivity index (χ1n) is 10.4. The van der Waals surface area contributed by atoms with E-state index in [1.54, 1.807) is 36.3 Å². The third-order valence-corrected chi connectivity index (χ3v) is 6.82. The third kappa shape index (κ3) is 3.66. The van der Waals surface area contributed by atoms with E-state index in [2.05, 4.69) is 15.9 Å². The minimum absolute atomic E-state index is 0.113. The Hall–Kier alpha value is -3.27. The van der Waals surface area contributed by atoms with Crippen LogP contribution in [0.25, 0.3) is 0 Å². The summed E-state index contributed by atoms with van der Waals surface area (Å²) in [6.45, 7) is 1.63. The Bertz CT molecular complexity index is 1320. The van der Waals surface area contributed by atoms with Gasteiger partial charge in [-0.15, -0.1) is 0 Å². The summed E-state index contributed by atoms with van der Waals surface area (Å²) >= 11 is 9.47. The summed E-state index contributed by atoms with van der Waals surface area (Å²) < 4.78 is 0.877. The lowest BCUT2D eigenvalue weighted by molar-refractivity contribution is -0.384. The Morgan fingerprint density at radius 2 is 1.68 bits per heavy atom. The number of carbonyl (C=O) groups is 2. The molecule has 0 spiro atoms. The largest absolute Gasteiger partial charge is 0.273 e. The predicted molar refractivity (Wildman–Crippen MR) is 130 cm³/mol. The Morgan fingerprint density at radius 3 is 2.29 bits per heavy atom. The van der Waals surface area contributed by atoms with Gasteiger partial charge in [-0.2, -0.15) is 0 Å². The van der Waals surface area contributed by atoms with Crippen molar-refractivity contribution in [2.75, 3.05) is 9.96 Å². The van der Waals surface area contributed by atoms with Gasteiger partial charge in [0.2, 0.25) is 5.91 Å². The van der Waals surface area contributed by atoms with E-state index in [4.69, 9.17) is 16.4 Å². The molecule has 172 valence electrons. The fourth-order valence-electron chi connectivity index (χ4n) is 4.47. The van der Waals surface area contributed by atoms with Crippen molar-refractivity contribution in [3.8, 4) is 0 Å². The number of amides is 2. The van der Waals surface area contributed by atoms with Gasteiger partial charge in [-0.25, -0.2) is 9.96 Å². The second kappa shape index (κ2) is 8.50. The second-order valence-electron chi connectivity index (χ2n) is 8.09. The maximum atomic E-state index is 13.7. The number of carbonyl (C=O) groups excluding carboxylic acids is 2. The van der Waals surface area contributed by atoms with Crippen LogP contribution in [0.4, 0.5) is 17.1 Å². The van der Waals surface area contributed by atoms with Crippen molar-refractivity contribution in [2.24, 2.45) is 5.92 Å². The van der Waals surface area contributed by atoms with Gasteiger partial charge >= 0.3 is 0 Å². The number of imide groups is 1. The lowest BCUT2D eigenvalue weighted by atomic mass is 9.90. The van der Waals surface area contributed by atoms with Gasteiger partial charge in [0.05, 0.1) is 22.3 Å². The molecule has 3 aromatic carbocycles. The molecule has 8 nitrogen and oxygen atoms in total. The van der Waals surface area contributed by atoms with Crippen molar-refractivity contribution in [1.29, 1.82) is 0 Å². The van der Waals surface area contributed by atoms with Crippen LogP contribution in [0.15, 0.2) is 71.2 Å². The molecule has 2 heterocycles. The van der Waals surface area contributed by atoms with Gasteiger partial charge in [-0.05, 0) is 60.5 Å². The molecule has 0 radical (unpaired) electrons. The van der Waals surface area contributed by atoms with Gasteiger partial charge in [0.25, 0.3) is 11.6 Å². The molecule has 0 saturated carbocycles. The molecular weight excluding hydrogens is 526 g/mol. The van der Waals surface area contributed by atoms with Crippen LogP contribution in [0.3, 0.4) is 0 Å². The molecule has 0 aromatic heterocycles. The molecule has 34 heavy (non-hydrogen) atoms. The van der Waals surface area contributed by atoms with Crippen molar-refractivity contribution < 1.29 is 19.3 Å². The van der Waals surface area contributed by atoms with Crippen LogP contribution in [0.1, 0.15) is 17.2 Å². The van der Waals surface area contributed by atoms with E-state index in [-0.39, 0.29) is 5.69 Å². The number of nitro groups is 1. The molecule has 0 aliphatic carbocycles. The van der Waals surface area contributed by atoms with Crippen molar-refractivity contribution in [2.45, 2.75) is 19.1 Å². The van der Waals surface area contributed by atoms with Gasteiger partial charge in [0.1, 0.15) is 5.92 Å². The van der Waals surface area contributed by atoms with Crippen LogP contribution in [0.5, 0.6) is 0 Å². The number of benzene rings is 3. The highest BCUT2D eigenvalue weighted by atomic mass is 79.9. The van der Waals surface area contributed by atoms with E-state index < -0.39 is 34.8 Å². The summed E-state index contributed by atoms with van der Waals surface area (Å²) in [5, 5.41) is 13.2. The summed E-state index contributed by atoms with van der Waals surface area (Å²) in [7, 11) is 0. The number of rotatable bonds is 4. The molecule has 2 amide bonds. The molecule has 3 unspecified atom stereocenters. The molecule has 2 aliphatic heterocycles. The zero-order chi connectivity index (χ0) is 24.1. The number of hydroxylamine groups is 1. The van der Waals surface area contributed by atoms with Crippen LogP contribution >= 0.6 is 27.5 Å². The van der Waals surface area contributed by atoms with E-state index in [1.807, 2.05) is 24.3 Å². The van der Waals surface area contributed by atoms with Crippen LogP contribution < -0.4 is 9.96 Å². The summed E-state index contributed by atoms with van der Waals surface area (Å²) in [6, 6.07) is 17.9. The van der Waals surface area contributed by atoms with Crippen LogP contribution in [-0.4, -0.2) is 22.8 Å². The van der Waals surface area contributed by atoms with Crippen LogP contribution in [0.2, 0.25) is 5.02 Å². The highest BCUT2D eigenvalue weighted by Gasteiger charge is 2.60. The summed E-state index contributed by atoms with van der Waals surface area (Å²) in [5.41, 5.74) is 2.11. The SMILES string of the molecule is Cc1cc([N+](=O)[O-])ccc1N1C(=O)C2ON(c3ccc(Cl)cc3)C(c3ccc(Br)cc3)C2C1=O. The van der Waals surface area contributed by atoms with Gasteiger partial charge in [0, 0.05) is 21.6 Å². The smallest absolute Gasteiger partial charge is 0.269 e. The van der Waals surface area contributed by atoms with Gasteiger partial charge in [0.15, 0.2) is 6.10 Å². The van der Waals surface area contributed by atoms with Crippen molar-refractivity contribution in [3.63, 3.8) is 0 Å². The molecule has 0 bridgehead atoms. The average Bonchev–Trinajstić information content (AvgIpc) is 3.31.